The average Bonchev–Trinajstić information content (AvgIpc) is 3.95. The van der Waals surface area contributed by atoms with Crippen molar-refractivity contribution in [3.63, 3.8) is 0 Å². The zero-order valence-corrected chi connectivity index (χ0v) is 23.3. The van der Waals surface area contributed by atoms with Crippen molar-refractivity contribution in [1.29, 1.82) is 5.41 Å². The molecule has 4 aromatic rings. The van der Waals surface area contributed by atoms with Crippen LogP contribution in [0, 0.1) is 5.41 Å². The van der Waals surface area contributed by atoms with Gasteiger partial charge in [-0.3, -0.25) is 5.41 Å². The maximum atomic E-state index is 13.3. The van der Waals surface area contributed by atoms with E-state index in [1.165, 1.54) is 43.5 Å². The summed E-state index contributed by atoms with van der Waals surface area (Å²) < 4.78 is 58.2. The fourth-order valence-corrected chi connectivity index (χ4v) is 4.62. The Labute approximate surface area is 244 Å². The molecule has 0 aromatic carbocycles. The summed E-state index contributed by atoms with van der Waals surface area (Å²) in [6, 6.07) is 3.43. The fourth-order valence-electron chi connectivity index (χ4n) is 4.62. The molecule has 2 saturated carbocycles. The zero-order chi connectivity index (χ0) is 30.1. The molecule has 0 atom stereocenters. The van der Waals surface area contributed by atoms with E-state index in [0.29, 0.717) is 33.9 Å². The lowest BCUT2D eigenvalue weighted by atomic mass is 10.1. The number of halogens is 3. The predicted molar refractivity (Wildman–Crippen MR) is 149 cm³/mol. The van der Waals surface area contributed by atoms with Crippen LogP contribution in [0.4, 0.5) is 13.2 Å². The first-order valence-corrected chi connectivity index (χ1v) is 13.6. The minimum Gasteiger partial charge on any atom is -0.504 e. The van der Waals surface area contributed by atoms with Crippen LogP contribution in [-0.4, -0.2) is 61.0 Å². The minimum absolute atomic E-state index is 0.0408. The van der Waals surface area contributed by atoms with E-state index in [2.05, 4.69) is 24.9 Å². The van der Waals surface area contributed by atoms with Gasteiger partial charge in [-0.1, -0.05) is 6.08 Å². The molecule has 1 N–H and O–H groups in total. The Kier molecular flexibility index (Phi) is 7.50. The first-order chi connectivity index (χ1) is 20.8. The second-order valence-corrected chi connectivity index (χ2v) is 10.2. The number of pyridine rings is 1. The van der Waals surface area contributed by atoms with Crippen molar-refractivity contribution in [3.05, 3.63) is 72.1 Å². The van der Waals surface area contributed by atoms with Crippen LogP contribution in [0.3, 0.4) is 0 Å². The second-order valence-electron chi connectivity index (χ2n) is 10.2. The molecule has 14 heteroatoms. The molecule has 0 amide bonds. The molecule has 222 valence electrons. The highest BCUT2D eigenvalue weighted by Gasteiger charge is 2.38. The van der Waals surface area contributed by atoms with E-state index in [1.54, 1.807) is 18.3 Å². The quantitative estimate of drug-likeness (QED) is 0.137. The second kappa shape index (κ2) is 11.4. The molecule has 0 unspecified atom stereocenters. The van der Waals surface area contributed by atoms with Crippen molar-refractivity contribution in [3.8, 4) is 23.1 Å². The number of allylic oxidation sites excluding steroid dienone is 1. The van der Waals surface area contributed by atoms with Crippen molar-refractivity contribution in [2.45, 2.75) is 43.8 Å². The van der Waals surface area contributed by atoms with Gasteiger partial charge in [0.05, 0.1) is 37.3 Å². The third-order valence-corrected chi connectivity index (χ3v) is 6.97. The summed E-state index contributed by atoms with van der Waals surface area (Å²) in [5, 5.41) is 9.03. The van der Waals surface area contributed by atoms with E-state index in [-0.39, 0.29) is 36.0 Å². The van der Waals surface area contributed by atoms with Gasteiger partial charge in [0.25, 0.3) is 0 Å². The molecule has 4 aromatic heterocycles. The number of imidazole rings is 1. The maximum absolute atomic E-state index is 13.3. The highest BCUT2D eigenvalue weighted by molar-refractivity contribution is 6.04. The van der Waals surface area contributed by atoms with Crippen molar-refractivity contribution in [2.75, 3.05) is 20.8 Å². The van der Waals surface area contributed by atoms with Crippen molar-refractivity contribution >= 4 is 16.7 Å². The molecule has 4 heterocycles. The fraction of sp³-hybridized carbons (Fsp3) is 0.345. The number of methoxy groups -OCH3 is 2. The Balaban J connectivity index is 1.28. The number of fused-ring (bicyclic) bond motifs is 1. The SMILES string of the molecule is CO/C=C(/C=C\C(=N)c1nc(C(F)(F)F)cn1C1CC1)COc1nc(-c2c(OC)ncnc2C2CC2)nc2ncccc12. The van der Waals surface area contributed by atoms with Crippen LogP contribution < -0.4 is 9.47 Å². The van der Waals surface area contributed by atoms with Crippen molar-refractivity contribution in [1.82, 2.24) is 34.5 Å². The molecule has 43 heavy (non-hydrogen) atoms. The van der Waals surface area contributed by atoms with E-state index >= 15 is 0 Å². The number of hydrogen-bond acceptors (Lipinski definition) is 10. The lowest BCUT2D eigenvalue weighted by Gasteiger charge is -2.13. The number of nitrogens with one attached hydrogen (secondary N) is 1. The Morgan fingerprint density at radius 2 is 1.86 bits per heavy atom. The van der Waals surface area contributed by atoms with Gasteiger partial charge in [0.15, 0.2) is 23.0 Å². The Hall–Kier alpha value is -4.88. The molecular formula is C29H27F3N8O3. The molecular weight excluding hydrogens is 565 g/mol. The van der Waals surface area contributed by atoms with Crippen molar-refractivity contribution < 1.29 is 27.4 Å². The Bertz CT molecular complexity index is 1740. The normalized spacial score (nSPS) is 15.7. The van der Waals surface area contributed by atoms with Gasteiger partial charge in [0.1, 0.15) is 18.5 Å². The summed E-state index contributed by atoms with van der Waals surface area (Å²) in [7, 11) is 2.98. The summed E-state index contributed by atoms with van der Waals surface area (Å²) in [6.07, 6.45) is 7.24. The van der Waals surface area contributed by atoms with Crippen LogP contribution in [0.25, 0.3) is 22.4 Å². The molecule has 0 aliphatic heterocycles. The number of alkyl halides is 3. The number of rotatable bonds is 11. The van der Waals surface area contributed by atoms with Gasteiger partial charge in [0, 0.05) is 29.9 Å². The summed E-state index contributed by atoms with van der Waals surface area (Å²) >= 11 is 0. The number of nitrogens with zero attached hydrogens (tertiary/aromatic N) is 7. The number of hydrogen-bond donors (Lipinski definition) is 1. The molecule has 2 aliphatic rings. The molecule has 0 spiro atoms. The lowest BCUT2D eigenvalue weighted by molar-refractivity contribution is -0.141. The van der Waals surface area contributed by atoms with Gasteiger partial charge in [-0.2, -0.15) is 18.2 Å². The van der Waals surface area contributed by atoms with Gasteiger partial charge >= 0.3 is 6.18 Å². The van der Waals surface area contributed by atoms with Crippen molar-refractivity contribution in [2.24, 2.45) is 0 Å². The summed E-state index contributed by atoms with van der Waals surface area (Å²) in [6.45, 7) is -0.0408. The third kappa shape index (κ3) is 6.03. The topological polar surface area (TPSA) is 134 Å². The van der Waals surface area contributed by atoms with E-state index in [1.807, 2.05) is 0 Å². The van der Waals surface area contributed by atoms with Crippen LogP contribution in [-0.2, 0) is 10.9 Å². The van der Waals surface area contributed by atoms with E-state index < -0.39 is 11.9 Å². The highest BCUT2D eigenvalue weighted by atomic mass is 19.4. The zero-order valence-electron chi connectivity index (χ0n) is 23.3. The Morgan fingerprint density at radius 1 is 1.05 bits per heavy atom. The molecule has 0 bridgehead atoms. The first-order valence-electron chi connectivity index (χ1n) is 13.6. The molecule has 11 nitrogen and oxygen atoms in total. The minimum atomic E-state index is -4.60. The Morgan fingerprint density at radius 3 is 2.56 bits per heavy atom. The van der Waals surface area contributed by atoms with E-state index in [4.69, 9.17) is 24.6 Å². The first kappa shape index (κ1) is 28.2. The summed E-state index contributed by atoms with van der Waals surface area (Å²) in [5.74, 6) is 1.11. The predicted octanol–water partition coefficient (Wildman–Crippen LogP) is 5.45. The number of ether oxygens (including phenoxy) is 3. The van der Waals surface area contributed by atoms with Crippen LogP contribution in [0.15, 0.2) is 54.8 Å². The van der Waals surface area contributed by atoms with Gasteiger partial charge in [-0.05, 0) is 43.9 Å². The van der Waals surface area contributed by atoms with Gasteiger partial charge < -0.3 is 18.8 Å². The third-order valence-electron chi connectivity index (χ3n) is 6.97. The van der Waals surface area contributed by atoms with E-state index in [0.717, 1.165) is 37.6 Å². The summed E-state index contributed by atoms with van der Waals surface area (Å²) in [5.41, 5.74) is 1.07. The smallest absolute Gasteiger partial charge is 0.434 e. The molecule has 2 fully saturated rings. The van der Waals surface area contributed by atoms with Crippen LogP contribution in [0.5, 0.6) is 11.8 Å². The van der Waals surface area contributed by atoms with E-state index in [9.17, 15) is 13.2 Å². The lowest BCUT2D eigenvalue weighted by Crippen LogP contribution is -2.09. The molecule has 0 saturated heterocycles. The van der Waals surface area contributed by atoms with Gasteiger partial charge in [0.2, 0.25) is 11.8 Å². The van der Waals surface area contributed by atoms with Gasteiger partial charge in [-0.25, -0.2) is 24.9 Å². The molecule has 6 rings (SSSR count). The number of aromatic nitrogens is 7. The molecule has 2 aliphatic carbocycles. The maximum Gasteiger partial charge on any atom is 0.434 e. The largest absolute Gasteiger partial charge is 0.504 e. The van der Waals surface area contributed by atoms with Crippen LogP contribution in [0.2, 0.25) is 0 Å². The summed E-state index contributed by atoms with van der Waals surface area (Å²) in [4.78, 5) is 26.2. The van der Waals surface area contributed by atoms with Crippen LogP contribution >= 0.6 is 0 Å². The average molecular weight is 593 g/mol. The standard InChI is InChI=1S/C29H27F3N8O3/c1-41-13-16(5-10-20(33)26-37-21(29(30,31)32)12-40(26)18-8-9-18)14-43-27-19-4-3-11-34-24(19)38-25(39-27)22-23(17-6-7-17)35-15-36-28(22)42-2/h3-5,10-13,15,17-18,33H,6-9,14H2,1-2H3/b10-5-,16-13-,33-20?. The van der Waals surface area contributed by atoms with Gasteiger partial charge in [-0.15, -0.1) is 0 Å². The van der Waals surface area contributed by atoms with Crippen LogP contribution in [0.1, 0.15) is 54.9 Å². The molecule has 0 radical (unpaired) electrons. The monoisotopic (exact) mass is 592 g/mol. The highest BCUT2D eigenvalue weighted by Crippen LogP contribution is 2.45.